The van der Waals surface area contributed by atoms with Crippen LogP contribution in [0.25, 0.3) is 0 Å². The van der Waals surface area contributed by atoms with Gasteiger partial charge >= 0.3 is 0 Å². The maximum absolute atomic E-state index is 12.8. The Balaban J connectivity index is 1.72. The van der Waals surface area contributed by atoms with Crippen molar-refractivity contribution in [1.82, 2.24) is 10.3 Å². The van der Waals surface area contributed by atoms with Crippen LogP contribution in [0, 0.1) is 27.7 Å². The van der Waals surface area contributed by atoms with E-state index in [1.807, 2.05) is 43.0 Å². The predicted octanol–water partition coefficient (Wildman–Crippen LogP) is 2.68. The number of carbonyl (C=O) groups excluding carboxylic acids is 1. The molecule has 0 saturated carbocycles. The number of fused-ring (bicyclic) bond motifs is 1. The first kappa shape index (κ1) is 20.4. The van der Waals surface area contributed by atoms with E-state index in [2.05, 4.69) is 16.3 Å². The lowest BCUT2D eigenvalue weighted by Gasteiger charge is -2.30. The molecule has 1 aliphatic rings. The maximum Gasteiger partial charge on any atom is 0.257 e. The van der Waals surface area contributed by atoms with Gasteiger partial charge in [0.1, 0.15) is 0 Å². The molecule has 0 spiro atoms. The molecule has 0 fully saturated rings. The summed E-state index contributed by atoms with van der Waals surface area (Å²) in [6.45, 7) is 8.20. The van der Waals surface area contributed by atoms with E-state index in [0.29, 0.717) is 11.1 Å². The summed E-state index contributed by atoms with van der Waals surface area (Å²) in [6, 6.07) is 9.96. The molecule has 0 atom stereocenters. The number of carbonyl (C=O) groups is 1. The number of amides is 1. The van der Waals surface area contributed by atoms with Crippen molar-refractivity contribution in [1.29, 1.82) is 0 Å². The first-order valence-electron chi connectivity index (χ1n) is 9.41. The van der Waals surface area contributed by atoms with Gasteiger partial charge in [0.2, 0.25) is 0 Å². The molecule has 28 heavy (non-hydrogen) atoms. The molecule has 2 aromatic carbocycles. The summed E-state index contributed by atoms with van der Waals surface area (Å²) in [5, 5.41) is 0. The Hall–Kier alpha value is -2.38. The SMILES string of the molecule is Cc1cc(C)c(C)c(S(=O)(=O)NNC(=O)CN2CCCc3ccccc32)c1C. The molecule has 0 saturated heterocycles. The summed E-state index contributed by atoms with van der Waals surface area (Å²) in [6.07, 6.45) is 1.96. The zero-order chi connectivity index (χ0) is 20.5. The largest absolute Gasteiger partial charge is 0.362 e. The van der Waals surface area contributed by atoms with Crippen LogP contribution < -0.4 is 15.2 Å². The first-order chi connectivity index (χ1) is 13.2. The quantitative estimate of drug-likeness (QED) is 0.755. The van der Waals surface area contributed by atoms with Gasteiger partial charge in [-0.2, -0.15) is 0 Å². The van der Waals surface area contributed by atoms with Crippen molar-refractivity contribution in [2.45, 2.75) is 45.4 Å². The highest BCUT2D eigenvalue weighted by Crippen LogP contribution is 2.27. The number of hydrazine groups is 1. The van der Waals surface area contributed by atoms with E-state index in [-0.39, 0.29) is 17.3 Å². The van der Waals surface area contributed by atoms with E-state index in [9.17, 15) is 13.2 Å². The smallest absolute Gasteiger partial charge is 0.257 e. The second kappa shape index (κ2) is 7.93. The van der Waals surface area contributed by atoms with Crippen molar-refractivity contribution in [2.24, 2.45) is 0 Å². The van der Waals surface area contributed by atoms with Crippen LogP contribution in [0.2, 0.25) is 0 Å². The molecule has 6 nitrogen and oxygen atoms in total. The van der Waals surface area contributed by atoms with E-state index in [1.54, 1.807) is 13.8 Å². The van der Waals surface area contributed by atoms with Crippen LogP contribution in [0.1, 0.15) is 34.2 Å². The van der Waals surface area contributed by atoms with E-state index >= 15 is 0 Å². The number of hydrogen-bond donors (Lipinski definition) is 2. The number of nitrogens with zero attached hydrogens (tertiary/aromatic N) is 1. The molecule has 1 aliphatic heterocycles. The lowest BCUT2D eigenvalue weighted by atomic mass is 10.0. The number of aryl methyl sites for hydroxylation is 3. The van der Waals surface area contributed by atoms with Crippen molar-refractivity contribution in [3.05, 3.63) is 58.1 Å². The average Bonchev–Trinajstić information content (AvgIpc) is 2.65. The summed E-state index contributed by atoms with van der Waals surface area (Å²) in [5.41, 5.74) is 7.81. The Kier molecular flexibility index (Phi) is 5.76. The number of rotatable bonds is 5. The zero-order valence-corrected chi connectivity index (χ0v) is 17.6. The van der Waals surface area contributed by atoms with Gasteiger partial charge in [-0.15, -0.1) is 4.83 Å². The summed E-state index contributed by atoms with van der Waals surface area (Å²) in [5.74, 6) is -0.389. The van der Waals surface area contributed by atoms with Gasteiger partial charge in [-0.05, 0) is 74.4 Å². The average molecular weight is 402 g/mol. The number of sulfonamides is 1. The number of para-hydroxylation sites is 1. The summed E-state index contributed by atoms with van der Waals surface area (Å²) < 4.78 is 25.7. The fraction of sp³-hybridized carbons (Fsp3) is 0.381. The molecule has 3 rings (SSSR count). The molecule has 0 unspecified atom stereocenters. The lowest BCUT2D eigenvalue weighted by Crippen LogP contribution is -2.47. The van der Waals surface area contributed by atoms with Crippen LogP contribution in [0.3, 0.4) is 0 Å². The molecule has 0 aromatic heterocycles. The Bertz CT molecular complexity index is 990. The van der Waals surface area contributed by atoms with Crippen molar-refractivity contribution in [3.63, 3.8) is 0 Å². The van der Waals surface area contributed by atoms with E-state index < -0.39 is 10.0 Å². The second-order valence-electron chi connectivity index (χ2n) is 7.40. The molecule has 2 aromatic rings. The molecule has 0 radical (unpaired) electrons. The molecule has 0 aliphatic carbocycles. The minimum Gasteiger partial charge on any atom is -0.362 e. The van der Waals surface area contributed by atoms with Gasteiger partial charge in [0.25, 0.3) is 15.9 Å². The van der Waals surface area contributed by atoms with Gasteiger partial charge in [-0.3, -0.25) is 10.2 Å². The van der Waals surface area contributed by atoms with Crippen LogP contribution in [0.4, 0.5) is 5.69 Å². The van der Waals surface area contributed by atoms with Crippen LogP contribution >= 0.6 is 0 Å². The molecule has 2 N–H and O–H groups in total. The molecule has 1 heterocycles. The Morgan fingerprint density at radius 2 is 1.71 bits per heavy atom. The third kappa shape index (κ3) is 4.05. The Labute approximate surface area is 167 Å². The van der Waals surface area contributed by atoms with Crippen molar-refractivity contribution in [3.8, 4) is 0 Å². The fourth-order valence-electron chi connectivity index (χ4n) is 3.75. The van der Waals surface area contributed by atoms with Gasteiger partial charge in [0.05, 0.1) is 11.4 Å². The fourth-order valence-corrected chi connectivity index (χ4v) is 5.23. The van der Waals surface area contributed by atoms with Gasteiger partial charge < -0.3 is 4.90 Å². The molecule has 1 amide bonds. The highest BCUT2D eigenvalue weighted by atomic mass is 32.2. The van der Waals surface area contributed by atoms with E-state index in [4.69, 9.17) is 0 Å². The Morgan fingerprint density at radius 1 is 1.07 bits per heavy atom. The summed E-state index contributed by atoms with van der Waals surface area (Å²) in [4.78, 5) is 16.9. The van der Waals surface area contributed by atoms with E-state index in [0.717, 1.165) is 36.2 Å². The molecular weight excluding hydrogens is 374 g/mol. The molecular formula is C21H27N3O3S. The van der Waals surface area contributed by atoms with Crippen molar-refractivity contribution < 1.29 is 13.2 Å². The predicted molar refractivity (Wildman–Crippen MR) is 111 cm³/mol. The third-order valence-corrected chi connectivity index (χ3v) is 6.95. The van der Waals surface area contributed by atoms with Crippen LogP contribution in [0.15, 0.2) is 35.2 Å². The molecule has 7 heteroatoms. The van der Waals surface area contributed by atoms with Gasteiger partial charge in [-0.1, -0.05) is 24.3 Å². The second-order valence-corrected chi connectivity index (χ2v) is 9.02. The standard InChI is InChI=1S/C21H27N3O3S/c1-14-12-15(2)17(4)21(16(14)3)28(26,27)23-22-20(25)13-24-11-7-9-18-8-5-6-10-19(18)24/h5-6,8,10,12,23H,7,9,11,13H2,1-4H3,(H,22,25). The highest BCUT2D eigenvalue weighted by Gasteiger charge is 2.24. The Morgan fingerprint density at radius 3 is 2.39 bits per heavy atom. The normalized spacial score (nSPS) is 13.9. The maximum atomic E-state index is 12.8. The van der Waals surface area contributed by atoms with Crippen LogP contribution in [-0.4, -0.2) is 27.4 Å². The number of anilines is 1. The monoisotopic (exact) mass is 401 g/mol. The molecule has 150 valence electrons. The number of hydrogen-bond acceptors (Lipinski definition) is 4. The van der Waals surface area contributed by atoms with Crippen LogP contribution in [-0.2, 0) is 21.2 Å². The zero-order valence-electron chi connectivity index (χ0n) is 16.8. The first-order valence-corrected chi connectivity index (χ1v) is 10.9. The van der Waals surface area contributed by atoms with Gasteiger partial charge in [0.15, 0.2) is 0 Å². The minimum atomic E-state index is -3.86. The topological polar surface area (TPSA) is 78.5 Å². The summed E-state index contributed by atoms with van der Waals surface area (Å²) in [7, 11) is -3.86. The van der Waals surface area contributed by atoms with Crippen molar-refractivity contribution >= 4 is 21.6 Å². The van der Waals surface area contributed by atoms with E-state index in [1.165, 1.54) is 5.56 Å². The highest BCUT2D eigenvalue weighted by molar-refractivity contribution is 7.89. The number of nitrogens with one attached hydrogen (secondary N) is 2. The summed E-state index contributed by atoms with van der Waals surface area (Å²) >= 11 is 0. The third-order valence-electron chi connectivity index (χ3n) is 5.43. The minimum absolute atomic E-state index is 0.102. The molecule has 0 bridgehead atoms. The van der Waals surface area contributed by atoms with Crippen LogP contribution in [0.5, 0.6) is 0 Å². The lowest BCUT2D eigenvalue weighted by molar-refractivity contribution is -0.120. The van der Waals surface area contributed by atoms with Gasteiger partial charge in [0, 0.05) is 12.2 Å². The number of benzene rings is 2. The van der Waals surface area contributed by atoms with Crippen molar-refractivity contribution in [2.75, 3.05) is 18.0 Å². The van der Waals surface area contributed by atoms with Gasteiger partial charge in [-0.25, -0.2) is 8.42 Å².